The third kappa shape index (κ3) is 24.9. The zero-order chi connectivity index (χ0) is 91.2. The number of esters is 1. The number of nitrogens with zero attached hydrogens (tertiary/aromatic N) is 8. The number of hydrogen-bond donors (Lipinski definition) is 7. The molecule has 0 spiro atoms. The molecule has 129 heavy (non-hydrogen) atoms. The summed E-state index contributed by atoms with van der Waals surface area (Å²) in [4.78, 5) is 106. The average Bonchev–Trinajstić information content (AvgIpc) is 1.62. The maximum atomic E-state index is 12.9. The molecular formula is C82H75BrCl5F8LiN14O18. The van der Waals surface area contributed by atoms with E-state index in [1.54, 1.807) is 24.3 Å². The Labute approximate surface area is 772 Å². The molecule has 8 aromatic carbocycles. The number of aromatic nitrogens is 8. The van der Waals surface area contributed by atoms with Crippen LogP contribution in [0.4, 0.5) is 57.9 Å². The first-order valence-electron chi connectivity index (χ1n) is 37.6. The topological polar surface area (TPSA) is 410 Å². The summed E-state index contributed by atoms with van der Waals surface area (Å²) >= 11 is 22.5. The van der Waals surface area contributed by atoms with Gasteiger partial charge >= 0.3 is 53.1 Å². The fourth-order valence-corrected chi connectivity index (χ4v) is 15.0. The van der Waals surface area contributed by atoms with Crippen LogP contribution in [0, 0.1) is 0 Å². The normalized spacial score (nSPS) is 15.5. The number of ether oxygens (including phenoxy) is 9. The quantitative estimate of drug-likeness (QED) is 0.0171. The molecule has 9 N–H and O–H groups in total. The molecular weight excluding hydrogens is 1890 g/mol. The first kappa shape index (κ1) is 102. The van der Waals surface area contributed by atoms with Gasteiger partial charge in [0.25, 0.3) is 29.5 Å². The predicted molar refractivity (Wildman–Crippen MR) is 458 cm³/mol. The van der Waals surface area contributed by atoms with Gasteiger partial charge in [-0.2, -0.15) is 0 Å². The number of nitrogens with two attached hydrogens (primary N) is 1. The van der Waals surface area contributed by atoms with Gasteiger partial charge in [-0.15, -0.1) is 47.5 Å². The Hall–Kier alpha value is -11.1. The number of anilines is 4. The summed E-state index contributed by atoms with van der Waals surface area (Å²) in [6.07, 6.45) is 0. The number of methoxy groups -OCH3 is 1. The predicted octanol–water partition coefficient (Wildman–Crippen LogP) is 14.6. The Morgan fingerprint density at radius 3 is 0.922 bits per heavy atom. The van der Waals surface area contributed by atoms with Crippen molar-refractivity contribution in [1.29, 1.82) is 0 Å². The molecule has 0 radical (unpaired) electrons. The number of amides is 5. The summed E-state index contributed by atoms with van der Waals surface area (Å²) in [5.74, 6) is -2.04. The number of carboxylic acids is 1. The van der Waals surface area contributed by atoms with Crippen LogP contribution in [-0.4, -0.2) is 160 Å². The molecule has 4 aliphatic rings. The smallest absolute Gasteiger partial charge is 0.870 e. The summed E-state index contributed by atoms with van der Waals surface area (Å²) in [6, 6.07) is 33.4. The monoisotopic (exact) mass is 1960 g/mol. The number of fused-ring (bicyclic) bond motifs is 12. The van der Waals surface area contributed by atoms with Crippen LogP contribution in [0.5, 0.6) is 23.0 Å². The Morgan fingerprint density at radius 2 is 0.659 bits per heavy atom. The number of imidazole rings is 4. The SMILES string of the molecule is CN.CNC(=O)c1cc(C(=O)Nc2ccc(OC(F)(F)Cl)cc2)cc2nc3n(c12)[C@H](C)COC3.COC(=O)c1cc(C(=O)Nc2ccc(OC(F)(F)Cl)cc2)cc2nc3n(c12)[C@H](C)COC3.C[C@@H]1COCc2nc3cc(C(=O)Nc4ccc(OC(F)(F)Cl)cc4)cc(Br)c3n21.C[C@@H]1COCc2nc3cc(C(=O)Nc4ccc(OC(F)(F)Cl)cc4)cc(C(=O)O)c3n21.Cl.[Li+].[OH-]. The molecule has 5 amide bonds. The third-order valence-corrected chi connectivity index (χ3v) is 20.0. The van der Waals surface area contributed by atoms with Crippen LogP contribution in [-0.2, 0) is 50.1 Å². The molecule has 12 aromatic rings. The van der Waals surface area contributed by atoms with Gasteiger partial charge in [-0.1, -0.05) is 0 Å². The standard InChI is InChI=1S/C21H19ClF2N4O4.C21H18ClF2N3O5.C20H16ClF2N3O5.C19H15BrClF2N3O3.CH5N.ClH.Li.H2O/c1-11-9-31-10-17-27-16-8-12(7-15(20(30)25-2)18(16)28(11)17)19(29)26-13-3-5-14(6-4-13)32-21(22,23)24;1-11-9-31-10-17-26-16-8-12(7-15(20(29)30-2)18(16)27(11)17)19(28)25-13-3-5-14(6-4-13)32-21(22,23)24;1-10-8-30-9-16-25-15-7-11(6-14(19(28)29)17(15)26(10)16)18(27)24-12-2-4-13(5-3-12)31-20(21,22)23;1-10-8-28-9-16-25-15-7-11(6-14(20)17(15)26(10)16)18(27)24-12-2-4-13(5-3-12)29-19(21,22)23;1-2;;;/h3-8,11H,9-10H2,1-2H3,(H,25,30)(H,26,29);3-8,11H,9-10H2,1-2H3,(H,25,28);2-7,10H,8-9H2,1H3,(H,24,27)(H,28,29);2-7,10H,8-9H2,1H3,(H,24,27);2H2,1H3;1H;;1H2/q;;;;;;+1;/p-1/t2*11-;2*10-;;;;/m1111..../s1. The molecule has 680 valence electrons. The summed E-state index contributed by atoms with van der Waals surface area (Å²) in [5, 5.41) is 22.9. The van der Waals surface area contributed by atoms with Crippen LogP contribution < -0.4 is 70.1 Å². The zero-order valence-corrected chi connectivity index (χ0v) is 74.2. The summed E-state index contributed by atoms with van der Waals surface area (Å²) < 4.78 is 154. The van der Waals surface area contributed by atoms with Gasteiger partial charge < -0.3 is 104 Å². The van der Waals surface area contributed by atoms with E-state index in [4.69, 9.17) is 70.1 Å². The van der Waals surface area contributed by atoms with Crippen LogP contribution in [0.2, 0.25) is 0 Å². The van der Waals surface area contributed by atoms with Crippen molar-refractivity contribution >= 4 is 183 Å². The first-order chi connectivity index (χ1) is 59.6. The molecule has 0 fully saturated rings. The van der Waals surface area contributed by atoms with Gasteiger partial charge in [-0.25, -0.2) is 29.5 Å². The fraction of sp³-hybridized carbons (Fsp3) is 0.280. The second-order valence-corrected chi connectivity index (χ2v) is 30.6. The number of alkyl halides is 12. The number of carbonyl (C=O) groups excluding carboxylic acids is 6. The fourth-order valence-electron chi connectivity index (χ4n) is 14.0. The molecule has 0 saturated heterocycles. The maximum Gasteiger partial charge on any atom is 1.00 e. The van der Waals surface area contributed by atoms with Crippen LogP contribution in [0.15, 0.2) is 150 Å². The van der Waals surface area contributed by atoms with Crippen LogP contribution >= 0.6 is 74.7 Å². The van der Waals surface area contributed by atoms with Crippen molar-refractivity contribution in [3.63, 3.8) is 0 Å². The summed E-state index contributed by atoms with van der Waals surface area (Å²) in [5.41, 5.74) is -3.53. The van der Waals surface area contributed by atoms with E-state index in [1.807, 2.05) is 41.4 Å². The Kier molecular flexibility index (Phi) is 33.6. The van der Waals surface area contributed by atoms with Gasteiger partial charge in [0.2, 0.25) is 0 Å². The van der Waals surface area contributed by atoms with E-state index in [-0.39, 0.29) is 137 Å². The second-order valence-electron chi connectivity index (χ2n) is 28.0. The van der Waals surface area contributed by atoms with Crippen molar-refractivity contribution in [2.45, 2.75) is 101 Å². The minimum atomic E-state index is -3.85. The van der Waals surface area contributed by atoms with Crippen molar-refractivity contribution in [3.8, 4) is 23.0 Å². The van der Waals surface area contributed by atoms with Crippen molar-refractivity contribution < 1.29 is 141 Å². The molecule has 4 aliphatic heterocycles. The van der Waals surface area contributed by atoms with Crippen molar-refractivity contribution in [3.05, 3.63) is 212 Å². The Balaban J connectivity index is 0.000000191. The van der Waals surface area contributed by atoms with E-state index in [9.17, 15) is 73.8 Å². The third-order valence-electron chi connectivity index (χ3n) is 19.0. The molecule has 0 unspecified atom stereocenters. The Morgan fingerprint density at radius 1 is 0.419 bits per heavy atom. The van der Waals surface area contributed by atoms with Crippen molar-refractivity contribution in [2.75, 3.05) is 68.9 Å². The number of carboxylic acid groups (broad SMARTS) is 1. The van der Waals surface area contributed by atoms with E-state index in [2.05, 4.69) is 91.7 Å². The Bertz CT molecular complexity index is 5940. The molecule has 32 nitrogen and oxygen atoms in total. The van der Waals surface area contributed by atoms with Crippen molar-refractivity contribution in [2.24, 2.45) is 5.73 Å². The first-order valence-corrected chi connectivity index (χ1v) is 39.9. The minimum Gasteiger partial charge on any atom is -0.870 e. The van der Waals surface area contributed by atoms with Gasteiger partial charge in [0, 0.05) is 103 Å². The van der Waals surface area contributed by atoms with E-state index in [0.29, 0.717) is 130 Å². The number of rotatable bonds is 19. The van der Waals surface area contributed by atoms with Crippen LogP contribution in [0.1, 0.15) is 148 Å². The van der Waals surface area contributed by atoms with Crippen LogP contribution in [0.3, 0.4) is 0 Å². The molecule has 4 aromatic heterocycles. The number of hydrogen-bond acceptors (Lipinski definition) is 22. The molecule has 4 atom stereocenters. The molecule has 0 aliphatic carbocycles. The van der Waals surface area contributed by atoms with Gasteiger partial charge in [0.1, 0.15) is 72.7 Å². The second kappa shape index (κ2) is 42.6. The number of benzene rings is 8. The molecule has 47 heteroatoms. The van der Waals surface area contributed by atoms with Crippen LogP contribution in [0.25, 0.3) is 44.1 Å². The van der Waals surface area contributed by atoms with E-state index >= 15 is 0 Å². The minimum absolute atomic E-state index is 0. The summed E-state index contributed by atoms with van der Waals surface area (Å²) in [7, 11) is 4.27. The van der Waals surface area contributed by atoms with E-state index in [0.717, 1.165) is 15.8 Å². The molecule has 16 rings (SSSR count). The molecule has 0 saturated carbocycles. The molecule has 8 heterocycles. The zero-order valence-electron chi connectivity index (χ0n) is 68.7. The summed E-state index contributed by atoms with van der Waals surface area (Å²) in [6.45, 7) is 11.1. The van der Waals surface area contributed by atoms with Gasteiger partial charge in [-0.05, 0) is 196 Å². The largest absolute Gasteiger partial charge is 1.00 e. The maximum absolute atomic E-state index is 12.9. The van der Waals surface area contributed by atoms with Gasteiger partial charge in [0.15, 0.2) is 0 Å². The van der Waals surface area contributed by atoms with E-state index in [1.165, 1.54) is 143 Å². The van der Waals surface area contributed by atoms with Gasteiger partial charge in [-0.3, -0.25) is 24.0 Å². The molecule has 0 bridgehead atoms. The number of aromatic carboxylic acids is 1. The number of halogens is 14. The van der Waals surface area contributed by atoms with Gasteiger partial charge in [0.05, 0.1) is 119 Å². The average molecular weight is 1960 g/mol. The van der Waals surface area contributed by atoms with E-state index < -0.39 is 51.9 Å². The number of carbonyl (C=O) groups is 7. The van der Waals surface area contributed by atoms with Crippen molar-refractivity contribution in [1.82, 2.24) is 43.5 Å². The number of nitrogens with one attached hydrogen (secondary N) is 5.